The molecule has 0 radical (unpaired) electrons. The van der Waals surface area contributed by atoms with Gasteiger partial charge in [0.25, 0.3) is 5.91 Å². The summed E-state index contributed by atoms with van der Waals surface area (Å²) in [6.45, 7) is 1.23. The molecule has 7 heteroatoms. The summed E-state index contributed by atoms with van der Waals surface area (Å²) in [5, 5.41) is 13.8. The van der Waals surface area contributed by atoms with Crippen LogP contribution >= 0.6 is 11.6 Å². The summed E-state index contributed by atoms with van der Waals surface area (Å²) in [6, 6.07) is 16.5. The standard InChI is InChI=1S/C21H20ClN3O3/c22-17-7-8-18-16(6-9-19(23-18)25-11-10-14(26)12-25)21(17)24-20(27)13-28-15-4-2-1-3-5-15/h1-9,14,26H,10-13H2,(H,24,27)/t14-/m1/s1. The van der Waals surface area contributed by atoms with E-state index in [1.807, 2.05) is 41.3 Å². The van der Waals surface area contributed by atoms with Crippen LogP contribution in [0.5, 0.6) is 5.75 Å². The second-order valence-corrected chi connectivity index (χ2v) is 7.10. The highest BCUT2D eigenvalue weighted by Gasteiger charge is 2.22. The van der Waals surface area contributed by atoms with Crippen molar-refractivity contribution < 1.29 is 14.6 Å². The van der Waals surface area contributed by atoms with Gasteiger partial charge in [0.2, 0.25) is 0 Å². The lowest BCUT2D eigenvalue weighted by Gasteiger charge is -2.18. The third-order valence-electron chi connectivity index (χ3n) is 4.67. The van der Waals surface area contributed by atoms with Gasteiger partial charge in [0.1, 0.15) is 11.6 Å². The van der Waals surface area contributed by atoms with Crippen LogP contribution in [0, 0.1) is 0 Å². The van der Waals surface area contributed by atoms with Gasteiger partial charge in [-0.1, -0.05) is 29.8 Å². The summed E-state index contributed by atoms with van der Waals surface area (Å²) in [4.78, 5) is 19.1. The smallest absolute Gasteiger partial charge is 0.262 e. The fraction of sp³-hybridized carbons (Fsp3) is 0.238. The second-order valence-electron chi connectivity index (χ2n) is 6.70. The number of ether oxygens (including phenoxy) is 1. The number of aliphatic hydroxyl groups is 1. The van der Waals surface area contributed by atoms with Gasteiger partial charge in [-0.2, -0.15) is 0 Å². The molecule has 1 aromatic heterocycles. The number of carbonyl (C=O) groups excluding carboxylic acids is 1. The molecule has 0 unspecified atom stereocenters. The van der Waals surface area contributed by atoms with Crippen molar-refractivity contribution in [3.05, 3.63) is 59.6 Å². The fourth-order valence-corrected chi connectivity index (χ4v) is 3.47. The quantitative estimate of drug-likeness (QED) is 0.689. The van der Waals surface area contributed by atoms with E-state index in [1.165, 1.54) is 0 Å². The molecule has 1 atom stereocenters. The molecule has 0 saturated carbocycles. The third-order valence-corrected chi connectivity index (χ3v) is 4.99. The van der Waals surface area contributed by atoms with Crippen molar-refractivity contribution in [3.8, 4) is 5.75 Å². The van der Waals surface area contributed by atoms with Crippen LogP contribution in [0.1, 0.15) is 6.42 Å². The molecular formula is C21H20ClN3O3. The lowest BCUT2D eigenvalue weighted by atomic mass is 10.1. The number of nitrogens with zero attached hydrogens (tertiary/aromatic N) is 2. The van der Waals surface area contributed by atoms with Crippen LogP contribution in [0.15, 0.2) is 54.6 Å². The molecular weight excluding hydrogens is 378 g/mol. The van der Waals surface area contributed by atoms with E-state index in [1.54, 1.807) is 18.2 Å². The van der Waals surface area contributed by atoms with Crippen molar-refractivity contribution in [2.45, 2.75) is 12.5 Å². The van der Waals surface area contributed by atoms with Crippen molar-refractivity contribution in [1.29, 1.82) is 0 Å². The fourth-order valence-electron chi connectivity index (χ4n) is 3.26. The van der Waals surface area contributed by atoms with Crippen LogP contribution in [-0.4, -0.2) is 41.8 Å². The van der Waals surface area contributed by atoms with Crippen molar-refractivity contribution in [1.82, 2.24) is 4.98 Å². The zero-order chi connectivity index (χ0) is 19.5. The van der Waals surface area contributed by atoms with Gasteiger partial charge < -0.3 is 20.1 Å². The van der Waals surface area contributed by atoms with Crippen molar-refractivity contribution in [2.75, 3.05) is 29.9 Å². The molecule has 0 aliphatic carbocycles. The van der Waals surface area contributed by atoms with Gasteiger partial charge in [-0.25, -0.2) is 4.98 Å². The minimum absolute atomic E-state index is 0.117. The molecule has 1 aliphatic rings. The molecule has 1 saturated heterocycles. The molecule has 6 nitrogen and oxygen atoms in total. The van der Waals surface area contributed by atoms with E-state index >= 15 is 0 Å². The predicted molar refractivity (Wildman–Crippen MR) is 110 cm³/mol. The zero-order valence-electron chi connectivity index (χ0n) is 15.1. The molecule has 0 spiro atoms. The third kappa shape index (κ3) is 4.03. The molecule has 4 rings (SSSR count). The van der Waals surface area contributed by atoms with Gasteiger partial charge in [-0.3, -0.25) is 4.79 Å². The van der Waals surface area contributed by atoms with Gasteiger partial charge in [-0.05, 0) is 42.8 Å². The summed E-state index contributed by atoms with van der Waals surface area (Å²) in [7, 11) is 0. The van der Waals surface area contributed by atoms with Crippen LogP contribution in [0.3, 0.4) is 0 Å². The highest BCUT2D eigenvalue weighted by atomic mass is 35.5. The van der Waals surface area contributed by atoms with E-state index in [-0.39, 0.29) is 18.6 Å². The molecule has 0 bridgehead atoms. The first-order valence-corrected chi connectivity index (χ1v) is 9.48. The Bertz CT molecular complexity index is 997. The molecule has 1 amide bonds. The first-order valence-electron chi connectivity index (χ1n) is 9.10. The largest absolute Gasteiger partial charge is 0.484 e. The number of para-hydroxylation sites is 1. The Kier molecular flexibility index (Phi) is 5.32. The van der Waals surface area contributed by atoms with Crippen LogP contribution < -0.4 is 15.0 Å². The Balaban J connectivity index is 1.52. The number of aliphatic hydroxyl groups excluding tert-OH is 1. The minimum Gasteiger partial charge on any atom is -0.484 e. The number of pyridine rings is 1. The summed E-state index contributed by atoms with van der Waals surface area (Å²) < 4.78 is 5.49. The maximum atomic E-state index is 12.3. The van der Waals surface area contributed by atoms with Crippen molar-refractivity contribution in [3.63, 3.8) is 0 Å². The number of anilines is 2. The van der Waals surface area contributed by atoms with Crippen molar-refractivity contribution in [2.24, 2.45) is 0 Å². The van der Waals surface area contributed by atoms with Gasteiger partial charge in [0.05, 0.1) is 22.3 Å². The van der Waals surface area contributed by atoms with Crippen LogP contribution in [0.25, 0.3) is 10.9 Å². The number of hydrogen-bond donors (Lipinski definition) is 2. The number of carbonyl (C=O) groups is 1. The normalized spacial score (nSPS) is 16.4. The minimum atomic E-state index is -0.317. The van der Waals surface area contributed by atoms with E-state index in [0.717, 1.165) is 29.7 Å². The lowest BCUT2D eigenvalue weighted by molar-refractivity contribution is -0.118. The number of fused-ring (bicyclic) bond motifs is 1. The summed E-state index contributed by atoms with van der Waals surface area (Å²) in [5.74, 6) is 1.13. The van der Waals surface area contributed by atoms with E-state index in [0.29, 0.717) is 23.0 Å². The monoisotopic (exact) mass is 397 g/mol. The summed E-state index contributed by atoms with van der Waals surface area (Å²) in [6.07, 6.45) is 0.422. The Hall–Kier alpha value is -2.83. The van der Waals surface area contributed by atoms with E-state index in [4.69, 9.17) is 16.3 Å². The van der Waals surface area contributed by atoms with Gasteiger partial charge in [0.15, 0.2) is 6.61 Å². The van der Waals surface area contributed by atoms with E-state index in [2.05, 4.69) is 10.3 Å². The summed E-state index contributed by atoms with van der Waals surface area (Å²) >= 11 is 6.32. The van der Waals surface area contributed by atoms with Crippen LogP contribution in [0.4, 0.5) is 11.5 Å². The molecule has 1 aliphatic heterocycles. The van der Waals surface area contributed by atoms with Gasteiger partial charge >= 0.3 is 0 Å². The second kappa shape index (κ2) is 8.04. The number of rotatable bonds is 5. The Morgan fingerprint density at radius 2 is 2.04 bits per heavy atom. The number of hydrogen-bond acceptors (Lipinski definition) is 5. The SMILES string of the molecule is O=C(COc1ccccc1)Nc1c(Cl)ccc2nc(N3CC[C@@H](O)C3)ccc12. The van der Waals surface area contributed by atoms with E-state index in [9.17, 15) is 9.90 Å². The topological polar surface area (TPSA) is 74.7 Å². The average Bonchev–Trinajstić information content (AvgIpc) is 3.15. The van der Waals surface area contributed by atoms with Crippen LogP contribution in [-0.2, 0) is 4.79 Å². The summed E-state index contributed by atoms with van der Waals surface area (Å²) in [5.41, 5.74) is 1.24. The number of amides is 1. The highest BCUT2D eigenvalue weighted by Crippen LogP contribution is 2.32. The van der Waals surface area contributed by atoms with Crippen LogP contribution in [0.2, 0.25) is 5.02 Å². The Morgan fingerprint density at radius 3 is 2.79 bits per heavy atom. The zero-order valence-corrected chi connectivity index (χ0v) is 15.9. The molecule has 3 aromatic rings. The molecule has 1 fully saturated rings. The Labute approximate surface area is 167 Å². The first-order chi connectivity index (χ1) is 13.6. The van der Waals surface area contributed by atoms with Crippen molar-refractivity contribution >= 4 is 39.9 Å². The molecule has 2 N–H and O–H groups in total. The molecule has 144 valence electrons. The van der Waals surface area contributed by atoms with Gasteiger partial charge in [0, 0.05) is 18.5 Å². The number of β-amino-alcohol motifs (C(OH)–C–C–N with tert-alkyl or cyclic N) is 1. The number of benzene rings is 2. The lowest BCUT2D eigenvalue weighted by Crippen LogP contribution is -2.22. The average molecular weight is 398 g/mol. The highest BCUT2D eigenvalue weighted by molar-refractivity contribution is 6.35. The first kappa shape index (κ1) is 18.5. The number of aromatic nitrogens is 1. The number of halogens is 1. The molecule has 28 heavy (non-hydrogen) atoms. The maximum absolute atomic E-state index is 12.3. The Morgan fingerprint density at radius 1 is 1.21 bits per heavy atom. The van der Waals surface area contributed by atoms with Gasteiger partial charge in [-0.15, -0.1) is 0 Å². The maximum Gasteiger partial charge on any atom is 0.262 e. The predicted octanol–water partition coefficient (Wildman–Crippen LogP) is 3.48. The van der Waals surface area contributed by atoms with E-state index < -0.39 is 0 Å². The molecule has 2 aromatic carbocycles. The number of nitrogens with one attached hydrogen (secondary N) is 1. The molecule has 2 heterocycles.